The van der Waals surface area contributed by atoms with Gasteiger partial charge in [-0.3, -0.25) is 0 Å². The molecule has 2 heteroatoms. The molecule has 1 aromatic carbocycles. The Morgan fingerprint density at radius 2 is 1.32 bits per heavy atom. The van der Waals surface area contributed by atoms with Gasteiger partial charge in [-0.2, -0.15) is 0 Å². The Bertz CT molecular complexity index is 732. The van der Waals surface area contributed by atoms with Gasteiger partial charge in [0.25, 0.3) is 0 Å². The molecule has 0 radical (unpaired) electrons. The Morgan fingerprint density at radius 3 is 1.82 bits per heavy atom. The molecule has 1 heterocycles. The first-order valence-corrected chi connectivity index (χ1v) is 8.38. The lowest BCUT2D eigenvalue weighted by Gasteiger charge is -2.20. The van der Waals surface area contributed by atoms with Crippen LogP contribution in [-0.4, -0.2) is 9.97 Å². The first-order valence-electron chi connectivity index (χ1n) is 8.38. The third-order valence-electron chi connectivity index (χ3n) is 6.31. The van der Waals surface area contributed by atoms with Crippen molar-refractivity contribution in [1.82, 2.24) is 9.97 Å². The Labute approximate surface area is 134 Å². The topological polar surface area (TPSA) is 28.7 Å². The summed E-state index contributed by atoms with van der Waals surface area (Å²) < 4.78 is 0. The number of aryl methyl sites for hydroxylation is 2. The van der Waals surface area contributed by atoms with Gasteiger partial charge in [0.1, 0.15) is 5.82 Å². The molecule has 1 N–H and O–H groups in total. The van der Waals surface area contributed by atoms with Gasteiger partial charge in [0.05, 0.1) is 5.69 Å². The van der Waals surface area contributed by atoms with Crippen molar-refractivity contribution in [3.05, 3.63) is 50.6 Å². The minimum Gasteiger partial charge on any atom is -0.345 e. The second-order valence-corrected chi connectivity index (χ2v) is 7.29. The van der Waals surface area contributed by atoms with Crippen molar-refractivity contribution in [2.75, 3.05) is 0 Å². The Morgan fingerprint density at radius 1 is 0.773 bits per heavy atom. The van der Waals surface area contributed by atoms with Crippen LogP contribution in [0.15, 0.2) is 0 Å². The lowest BCUT2D eigenvalue weighted by atomic mass is 9.86. The molecule has 3 atom stereocenters. The summed E-state index contributed by atoms with van der Waals surface area (Å²) in [5, 5.41) is 0. The maximum atomic E-state index is 4.84. The molecule has 1 aliphatic carbocycles. The Hall–Kier alpha value is -1.57. The maximum absolute atomic E-state index is 4.84. The minimum atomic E-state index is 0.399. The standard InChI is InChI=1S/C20H28N2/c1-9-10(2)12(4)18-17(11(9)3)13(5)14(6)19(18)20-21-15(7)16(8)22-20/h13-14,19H,1-8H3,(H,21,22). The molecular formula is C20H28N2. The van der Waals surface area contributed by atoms with Crippen LogP contribution in [0.5, 0.6) is 0 Å². The molecule has 0 spiro atoms. The predicted molar refractivity (Wildman–Crippen MR) is 92.9 cm³/mol. The Balaban J connectivity index is 2.30. The van der Waals surface area contributed by atoms with Crippen LogP contribution >= 0.6 is 0 Å². The average Bonchev–Trinajstić information content (AvgIpc) is 2.93. The number of rotatable bonds is 1. The molecule has 3 unspecified atom stereocenters. The molecular weight excluding hydrogens is 268 g/mol. The zero-order valence-electron chi connectivity index (χ0n) is 15.2. The van der Waals surface area contributed by atoms with Gasteiger partial charge >= 0.3 is 0 Å². The molecule has 2 nitrogen and oxygen atoms in total. The van der Waals surface area contributed by atoms with Crippen molar-refractivity contribution in [2.45, 2.75) is 67.2 Å². The van der Waals surface area contributed by atoms with E-state index in [2.05, 4.69) is 60.4 Å². The normalized spacial score (nSPS) is 23.9. The van der Waals surface area contributed by atoms with Crippen LogP contribution in [0.4, 0.5) is 0 Å². The van der Waals surface area contributed by atoms with E-state index in [9.17, 15) is 0 Å². The van der Waals surface area contributed by atoms with Crippen LogP contribution in [0.1, 0.15) is 76.3 Å². The lowest BCUT2D eigenvalue weighted by Crippen LogP contribution is -2.10. The fourth-order valence-electron chi connectivity index (χ4n) is 4.28. The van der Waals surface area contributed by atoms with Gasteiger partial charge < -0.3 is 4.98 Å². The monoisotopic (exact) mass is 296 g/mol. The smallest absolute Gasteiger partial charge is 0.114 e. The molecule has 0 bridgehead atoms. The molecule has 0 fully saturated rings. The van der Waals surface area contributed by atoms with E-state index >= 15 is 0 Å². The molecule has 1 aliphatic rings. The van der Waals surface area contributed by atoms with Gasteiger partial charge in [-0.25, -0.2) is 4.98 Å². The number of hydrogen-bond donors (Lipinski definition) is 1. The van der Waals surface area contributed by atoms with Crippen LogP contribution in [0.3, 0.4) is 0 Å². The van der Waals surface area contributed by atoms with Gasteiger partial charge in [0.2, 0.25) is 0 Å². The Kier molecular flexibility index (Phi) is 3.47. The largest absolute Gasteiger partial charge is 0.345 e. The van der Waals surface area contributed by atoms with E-state index in [1.807, 2.05) is 0 Å². The number of aromatic amines is 1. The van der Waals surface area contributed by atoms with Crippen molar-refractivity contribution in [2.24, 2.45) is 5.92 Å². The third kappa shape index (κ3) is 1.89. The molecule has 118 valence electrons. The van der Waals surface area contributed by atoms with E-state index in [0.717, 1.165) is 11.5 Å². The number of aromatic nitrogens is 2. The SMILES string of the molecule is Cc1nc(C2c3c(C)c(C)c(C)c(C)c3C(C)C2C)[nH]c1C. The first-order chi connectivity index (χ1) is 10.3. The zero-order valence-corrected chi connectivity index (χ0v) is 15.2. The van der Waals surface area contributed by atoms with Crippen LogP contribution in [-0.2, 0) is 0 Å². The van der Waals surface area contributed by atoms with Crippen LogP contribution in [0.25, 0.3) is 0 Å². The van der Waals surface area contributed by atoms with E-state index in [1.54, 1.807) is 5.56 Å². The van der Waals surface area contributed by atoms with E-state index in [1.165, 1.54) is 33.5 Å². The molecule has 0 amide bonds. The highest BCUT2D eigenvalue weighted by Gasteiger charge is 2.40. The van der Waals surface area contributed by atoms with Gasteiger partial charge in [-0.15, -0.1) is 0 Å². The summed E-state index contributed by atoms with van der Waals surface area (Å²) >= 11 is 0. The summed E-state index contributed by atoms with van der Waals surface area (Å²) in [5.41, 5.74) is 11.3. The average molecular weight is 296 g/mol. The number of benzene rings is 1. The number of hydrogen-bond acceptors (Lipinski definition) is 1. The predicted octanol–water partition coefficient (Wildman–Crippen LogP) is 5.15. The lowest BCUT2D eigenvalue weighted by molar-refractivity contribution is 0.469. The van der Waals surface area contributed by atoms with Crippen LogP contribution in [0.2, 0.25) is 0 Å². The fraction of sp³-hybridized carbons (Fsp3) is 0.550. The summed E-state index contributed by atoms with van der Waals surface area (Å²) in [6.45, 7) is 18.1. The number of H-pyrrole nitrogens is 1. The van der Waals surface area contributed by atoms with E-state index < -0.39 is 0 Å². The maximum Gasteiger partial charge on any atom is 0.114 e. The second-order valence-electron chi connectivity index (χ2n) is 7.29. The number of nitrogens with one attached hydrogen (secondary N) is 1. The highest BCUT2D eigenvalue weighted by molar-refractivity contribution is 5.57. The summed E-state index contributed by atoms with van der Waals surface area (Å²) in [4.78, 5) is 8.39. The first kappa shape index (κ1) is 15.3. The van der Waals surface area contributed by atoms with Crippen molar-refractivity contribution in [3.8, 4) is 0 Å². The zero-order chi connectivity index (χ0) is 16.3. The number of imidazole rings is 1. The number of fused-ring (bicyclic) bond motifs is 1. The van der Waals surface area contributed by atoms with Crippen LogP contribution < -0.4 is 0 Å². The van der Waals surface area contributed by atoms with E-state index in [-0.39, 0.29) is 0 Å². The van der Waals surface area contributed by atoms with Gasteiger partial charge in [-0.1, -0.05) is 13.8 Å². The van der Waals surface area contributed by atoms with E-state index in [0.29, 0.717) is 17.8 Å². The molecule has 2 aromatic rings. The van der Waals surface area contributed by atoms with Crippen molar-refractivity contribution >= 4 is 0 Å². The highest BCUT2D eigenvalue weighted by Crippen LogP contribution is 2.52. The van der Waals surface area contributed by atoms with Crippen molar-refractivity contribution < 1.29 is 0 Å². The molecule has 0 aliphatic heterocycles. The third-order valence-corrected chi connectivity index (χ3v) is 6.31. The molecule has 22 heavy (non-hydrogen) atoms. The molecule has 0 saturated heterocycles. The molecule has 0 saturated carbocycles. The summed E-state index contributed by atoms with van der Waals surface area (Å²) in [6, 6.07) is 0. The van der Waals surface area contributed by atoms with E-state index in [4.69, 9.17) is 4.98 Å². The highest BCUT2D eigenvalue weighted by atomic mass is 14.9. The summed E-state index contributed by atoms with van der Waals surface area (Å²) in [6.07, 6.45) is 0. The minimum absolute atomic E-state index is 0.399. The number of nitrogens with zero attached hydrogens (tertiary/aromatic N) is 1. The van der Waals surface area contributed by atoms with Gasteiger partial charge in [-0.05, 0) is 86.8 Å². The van der Waals surface area contributed by atoms with Crippen molar-refractivity contribution in [1.29, 1.82) is 0 Å². The van der Waals surface area contributed by atoms with Gasteiger partial charge in [0, 0.05) is 11.6 Å². The molecule has 3 rings (SSSR count). The van der Waals surface area contributed by atoms with Crippen LogP contribution in [0, 0.1) is 47.5 Å². The quantitative estimate of drug-likeness (QED) is 0.775. The second kappa shape index (κ2) is 4.97. The van der Waals surface area contributed by atoms with Crippen molar-refractivity contribution in [3.63, 3.8) is 0 Å². The summed E-state index contributed by atoms with van der Waals surface area (Å²) in [7, 11) is 0. The summed E-state index contributed by atoms with van der Waals surface area (Å²) in [5.74, 6) is 2.72. The fourth-order valence-corrected chi connectivity index (χ4v) is 4.28. The molecule has 1 aromatic heterocycles. The van der Waals surface area contributed by atoms with Gasteiger partial charge in [0.15, 0.2) is 0 Å².